The lowest BCUT2D eigenvalue weighted by atomic mass is 10.0. The van der Waals surface area contributed by atoms with Crippen LogP contribution in [-0.2, 0) is 4.79 Å². The molecule has 1 aliphatic heterocycles. The number of rotatable bonds is 4. The maximum absolute atomic E-state index is 12.4. The first-order valence-corrected chi connectivity index (χ1v) is 8.49. The van der Waals surface area contributed by atoms with Gasteiger partial charge in [-0.25, -0.2) is 0 Å². The van der Waals surface area contributed by atoms with Crippen molar-refractivity contribution in [1.82, 2.24) is 5.32 Å². The maximum Gasteiger partial charge on any atom is 0.291 e. The standard InChI is InChI=1S/C19H20N4O3/c1-13(24)21-14-8-10-23(11-9-14)17-5-3-2-4-16(17)22-19(25)18-7-6-15(12-20)26-18/h2-7,14H,8-11H2,1H3,(H,21,24)(H,22,25). The summed E-state index contributed by atoms with van der Waals surface area (Å²) < 4.78 is 5.18. The van der Waals surface area contributed by atoms with E-state index in [1.165, 1.54) is 19.1 Å². The molecule has 1 aromatic heterocycles. The SMILES string of the molecule is CC(=O)NC1CCN(c2ccccc2NC(=O)c2ccc(C#N)o2)CC1. The Morgan fingerprint density at radius 3 is 2.58 bits per heavy atom. The van der Waals surface area contributed by atoms with Gasteiger partial charge in [0.2, 0.25) is 11.7 Å². The quantitative estimate of drug-likeness (QED) is 0.881. The number of hydrogen-bond donors (Lipinski definition) is 2. The fraction of sp³-hybridized carbons (Fsp3) is 0.316. The van der Waals surface area contributed by atoms with Crippen molar-refractivity contribution >= 4 is 23.2 Å². The van der Waals surface area contributed by atoms with Gasteiger partial charge in [-0.1, -0.05) is 12.1 Å². The Labute approximate surface area is 151 Å². The van der Waals surface area contributed by atoms with Crippen molar-refractivity contribution in [2.45, 2.75) is 25.8 Å². The molecule has 1 aromatic carbocycles. The fourth-order valence-electron chi connectivity index (χ4n) is 3.11. The molecule has 2 amide bonds. The van der Waals surface area contributed by atoms with E-state index in [1.54, 1.807) is 0 Å². The summed E-state index contributed by atoms with van der Waals surface area (Å²) in [4.78, 5) is 25.8. The van der Waals surface area contributed by atoms with E-state index in [9.17, 15) is 9.59 Å². The van der Waals surface area contributed by atoms with E-state index >= 15 is 0 Å². The molecule has 2 heterocycles. The Kier molecular flexibility index (Phi) is 5.23. The lowest BCUT2D eigenvalue weighted by Crippen LogP contribution is -2.44. The minimum Gasteiger partial charge on any atom is -0.440 e. The fourth-order valence-corrected chi connectivity index (χ4v) is 3.11. The number of hydrogen-bond acceptors (Lipinski definition) is 5. The lowest BCUT2D eigenvalue weighted by Gasteiger charge is -2.34. The first-order valence-electron chi connectivity index (χ1n) is 8.49. The van der Waals surface area contributed by atoms with Gasteiger partial charge in [-0.15, -0.1) is 0 Å². The van der Waals surface area contributed by atoms with Crippen LogP contribution in [0.1, 0.15) is 36.1 Å². The number of nitrogens with one attached hydrogen (secondary N) is 2. The largest absolute Gasteiger partial charge is 0.440 e. The van der Waals surface area contributed by atoms with Crippen LogP contribution in [0.5, 0.6) is 0 Å². The second-order valence-electron chi connectivity index (χ2n) is 6.21. The molecule has 0 radical (unpaired) electrons. The van der Waals surface area contributed by atoms with E-state index in [4.69, 9.17) is 9.68 Å². The van der Waals surface area contributed by atoms with Gasteiger partial charge in [0.25, 0.3) is 5.91 Å². The average molecular weight is 352 g/mol. The van der Waals surface area contributed by atoms with E-state index in [0.717, 1.165) is 31.6 Å². The van der Waals surface area contributed by atoms with Crippen LogP contribution in [0.2, 0.25) is 0 Å². The van der Waals surface area contributed by atoms with Crippen LogP contribution in [0.25, 0.3) is 0 Å². The lowest BCUT2D eigenvalue weighted by molar-refractivity contribution is -0.119. The average Bonchev–Trinajstić information content (AvgIpc) is 3.12. The predicted octanol–water partition coefficient (Wildman–Crippen LogP) is 2.51. The summed E-state index contributed by atoms with van der Waals surface area (Å²) in [5, 5.41) is 14.6. The summed E-state index contributed by atoms with van der Waals surface area (Å²) in [5.74, 6) is -0.206. The molecule has 0 saturated carbocycles. The first-order chi connectivity index (χ1) is 12.6. The van der Waals surface area contributed by atoms with Crippen molar-refractivity contribution < 1.29 is 14.0 Å². The third-order valence-corrected chi connectivity index (χ3v) is 4.34. The third kappa shape index (κ3) is 4.03. The Balaban J connectivity index is 1.70. The molecule has 0 spiro atoms. The van der Waals surface area contributed by atoms with Gasteiger partial charge in [0.15, 0.2) is 5.76 Å². The molecule has 1 fully saturated rings. The van der Waals surface area contributed by atoms with Crippen LogP contribution >= 0.6 is 0 Å². The normalized spacial score (nSPS) is 14.5. The van der Waals surface area contributed by atoms with Crippen molar-refractivity contribution in [1.29, 1.82) is 5.26 Å². The van der Waals surface area contributed by atoms with Gasteiger partial charge in [0.1, 0.15) is 6.07 Å². The number of para-hydroxylation sites is 2. The first kappa shape index (κ1) is 17.5. The van der Waals surface area contributed by atoms with Crippen molar-refractivity contribution in [3.63, 3.8) is 0 Å². The minimum atomic E-state index is -0.396. The summed E-state index contributed by atoms with van der Waals surface area (Å²) in [5.41, 5.74) is 1.61. The molecule has 0 bridgehead atoms. The monoisotopic (exact) mass is 352 g/mol. The number of amides is 2. The summed E-state index contributed by atoms with van der Waals surface area (Å²) in [6, 6.07) is 12.6. The number of carbonyl (C=O) groups excluding carboxylic acids is 2. The molecular formula is C19H20N4O3. The second-order valence-corrected chi connectivity index (χ2v) is 6.21. The zero-order chi connectivity index (χ0) is 18.5. The maximum atomic E-state index is 12.4. The van der Waals surface area contributed by atoms with Gasteiger partial charge < -0.3 is 20.0 Å². The number of piperidine rings is 1. The van der Waals surface area contributed by atoms with Gasteiger partial charge >= 0.3 is 0 Å². The molecular weight excluding hydrogens is 332 g/mol. The highest BCUT2D eigenvalue weighted by Gasteiger charge is 2.22. The van der Waals surface area contributed by atoms with Crippen molar-refractivity contribution in [3.05, 3.63) is 47.9 Å². The van der Waals surface area contributed by atoms with E-state index < -0.39 is 5.91 Å². The van der Waals surface area contributed by atoms with E-state index in [-0.39, 0.29) is 23.5 Å². The van der Waals surface area contributed by atoms with Gasteiger partial charge in [-0.05, 0) is 37.1 Å². The van der Waals surface area contributed by atoms with E-state index in [1.807, 2.05) is 30.3 Å². The number of benzene rings is 1. The molecule has 26 heavy (non-hydrogen) atoms. The molecule has 7 heteroatoms. The molecule has 0 unspecified atom stereocenters. The zero-order valence-electron chi connectivity index (χ0n) is 14.5. The van der Waals surface area contributed by atoms with Gasteiger partial charge in [0, 0.05) is 26.1 Å². The summed E-state index contributed by atoms with van der Waals surface area (Å²) in [6.45, 7) is 3.11. The Hall–Kier alpha value is -3.27. The number of carbonyl (C=O) groups is 2. The smallest absolute Gasteiger partial charge is 0.291 e. The molecule has 2 aromatic rings. The number of nitrogens with zero attached hydrogens (tertiary/aromatic N) is 2. The zero-order valence-corrected chi connectivity index (χ0v) is 14.5. The van der Waals surface area contributed by atoms with Crippen molar-refractivity contribution in [2.75, 3.05) is 23.3 Å². The molecule has 3 rings (SSSR count). The summed E-state index contributed by atoms with van der Waals surface area (Å²) in [6.07, 6.45) is 1.71. The predicted molar refractivity (Wildman–Crippen MR) is 96.9 cm³/mol. The Morgan fingerprint density at radius 1 is 1.19 bits per heavy atom. The highest BCUT2D eigenvalue weighted by molar-refractivity contribution is 6.04. The number of anilines is 2. The Morgan fingerprint density at radius 2 is 1.92 bits per heavy atom. The van der Waals surface area contributed by atoms with Crippen molar-refractivity contribution in [3.8, 4) is 6.07 Å². The summed E-state index contributed by atoms with van der Waals surface area (Å²) >= 11 is 0. The van der Waals surface area contributed by atoms with Crippen LogP contribution in [-0.4, -0.2) is 30.9 Å². The van der Waals surface area contributed by atoms with Gasteiger partial charge in [-0.3, -0.25) is 9.59 Å². The number of furan rings is 1. The second kappa shape index (κ2) is 7.74. The van der Waals surface area contributed by atoms with Crippen LogP contribution in [0.4, 0.5) is 11.4 Å². The van der Waals surface area contributed by atoms with Crippen LogP contribution in [0.3, 0.4) is 0 Å². The molecule has 1 aliphatic rings. The van der Waals surface area contributed by atoms with Crippen LogP contribution in [0.15, 0.2) is 40.8 Å². The Bertz CT molecular complexity index is 844. The van der Waals surface area contributed by atoms with Gasteiger partial charge in [-0.2, -0.15) is 5.26 Å². The van der Waals surface area contributed by atoms with Crippen molar-refractivity contribution in [2.24, 2.45) is 0 Å². The van der Waals surface area contributed by atoms with E-state index in [2.05, 4.69) is 15.5 Å². The molecule has 0 aliphatic carbocycles. The van der Waals surface area contributed by atoms with E-state index in [0.29, 0.717) is 5.69 Å². The third-order valence-electron chi connectivity index (χ3n) is 4.34. The molecule has 1 saturated heterocycles. The van der Waals surface area contributed by atoms with Crippen LogP contribution in [0, 0.1) is 11.3 Å². The molecule has 2 N–H and O–H groups in total. The molecule has 0 atom stereocenters. The molecule has 134 valence electrons. The number of nitriles is 1. The topological polar surface area (TPSA) is 98.4 Å². The van der Waals surface area contributed by atoms with Crippen LogP contribution < -0.4 is 15.5 Å². The highest BCUT2D eigenvalue weighted by atomic mass is 16.3. The minimum absolute atomic E-state index is 0.00806. The highest BCUT2D eigenvalue weighted by Crippen LogP contribution is 2.29. The molecule has 7 nitrogen and oxygen atoms in total. The summed E-state index contributed by atoms with van der Waals surface area (Å²) in [7, 11) is 0. The van der Waals surface area contributed by atoms with Gasteiger partial charge in [0.05, 0.1) is 11.4 Å².